The van der Waals surface area contributed by atoms with Crippen LogP contribution in [0.1, 0.15) is 11.3 Å². The van der Waals surface area contributed by atoms with Gasteiger partial charge in [0.05, 0.1) is 16.9 Å². The van der Waals surface area contributed by atoms with Crippen LogP contribution in [0.4, 0.5) is 5.82 Å². The van der Waals surface area contributed by atoms with Crippen LogP contribution in [0.2, 0.25) is 10.0 Å². The minimum atomic E-state index is 0.334. The van der Waals surface area contributed by atoms with Crippen molar-refractivity contribution in [1.29, 1.82) is 0 Å². The normalized spacial score (nSPS) is 11.2. The maximum absolute atomic E-state index is 6.34. The van der Waals surface area contributed by atoms with Gasteiger partial charge >= 0.3 is 0 Å². The van der Waals surface area contributed by atoms with E-state index in [9.17, 15) is 0 Å². The maximum atomic E-state index is 6.34. The van der Waals surface area contributed by atoms with Crippen molar-refractivity contribution in [1.82, 2.24) is 14.4 Å². The molecule has 0 aliphatic carbocycles. The third kappa shape index (κ3) is 2.33. The van der Waals surface area contributed by atoms with Crippen molar-refractivity contribution in [3.8, 4) is 11.3 Å². The lowest BCUT2D eigenvalue weighted by Gasteiger charge is -2.14. The molecule has 1 aromatic carbocycles. The molecule has 21 heavy (non-hydrogen) atoms. The number of imidazole rings is 1. The molecule has 0 bridgehead atoms. The number of benzene rings is 1. The third-order valence-electron chi connectivity index (χ3n) is 3.33. The standard InChI is InChI=1S/C14H13Cl2N5/c1-7-10(5-17)13(9-3-2-8(15)4-11(9)16)21-6-12(18)20-14(21)19-7/h2-4,6H,5,17-18H2,1H3. The summed E-state index contributed by atoms with van der Waals surface area (Å²) in [6.07, 6.45) is 1.71. The van der Waals surface area contributed by atoms with Crippen LogP contribution in [0, 0.1) is 6.92 Å². The second-order valence-corrected chi connectivity index (χ2v) is 5.53. The van der Waals surface area contributed by atoms with Crippen molar-refractivity contribution in [2.75, 3.05) is 5.73 Å². The largest absolute Gasteiger partial charge is 0.382 e. The van der Waals surface area contributed by atoms with E-state index >= 15 is 0 Å². The molecule has 0 spiro atoms. The van der Waals surface area contributed by atoms with Gasteiger partial charge < -0.3 is 11.5 Å². The van der Waals surface area contributed by atoms with Crippen molar-refractivity contribution >= 4 is 34.8 Å². The van der Waals surface area contributed by atoms with Crippen LogP contribution < -0.4 is 11.5 Å². The summed E-state index contributed by atoms with van der Waals surface area (Å²) in [5, 5.41) is 1.11. The van der Waals surface area contributed by atoms with Crippen LogP contribution >= 0.6 is 23.2 Å². The minimum absolute atomic E-state index is 0.334. The molecule has 0 radical (unpaired) electrons. The van der Waals surface area contributed by atoms with E-state index in [-0.39, 0.29) is 0 Å². The number of hydrogen-bond acceptors (Lipinski definition) is 4. The van der Waals surface area contributed by atoms with Crippen LogP contribution in [0.25, 0.3) is 17.0 Å². The predicted molar refractivity (Wildman–Crippen MR) is 85.5 cm³/mol. The predicted octanol–water partition coefficient (Wildman–Crippen LogP) is 3.05. The smallest absolute Gasteiger partial charge is 0.236 e. The molecular formula is C14H13Cl2N5. The molecule has 0 saturated carbocycles. The monoisotopic (exact) mass is 321 g/mol. The van der Waals surface area contributed by atoms with E-state index in [1.165, 1.54) is 0 Å². The Labute approximate surface area is 131 Å². The van der Waals surface area contributed by atoms with Gasteiger partial charge in [0.2, 0.25) is 5.78 Å². The van der Waals surface area contributed by atoms with E-state index in [1.807, 2.05) is 13.0 Å². The van der Waals surface area contributed by atoms with Crippen molar-refractivity contribution < 1.29 is 0 Å². The molecule has 0 aliphatic heterocycles. The Balaban J connectivity index is 2.43. The molecule has 0 saturated heterocycles. The van der Waals surface area contributed by atoms with Gasteiger partial charge in [-0.15, -0.1) is 0 Å². The second-order valence-electron chi connectivity index (χ2n) is 4.69. The number of anilines is 1. The van der Waals surface area contributed by atoms with E-state index in [0.717, 1.165) is 22.5 Å². The van der Waals surface area contributed by atoms with Crippen molar-refractivity contribution in [2.45, 2.75) is 13.5 Å². The molecule has 108 valence electrons. The van der Waals surface area contributed by atoms with Gasteiger partial charge in [-0.2, -0.15) is 4.98 Å². The molecular weight excluding hydrogens is 309 g/mol. The third-order valence-corrected chi connectivity index (χ3v) is 3.88. The fourth-order valence-electron chi connectivity index (χ4n) is 2.38. The first-order valence-corrected chi connectivity index (χ1v) is 7.06. The first-order chi connectivity index (χ1) is 10.0. The quantitative estimate of drug-likeness (QED) is 0.760. The lowest BCUT2D eigenvalue weighted by atomic mass is 10.0. The van der Waals surface area contributed by atoms with Gasteiger partial charge in [0, 0.05) is 28.4 Å². The van der Waals surface area contributed by atoms with Crippen molar-refractivity contribution in [3.05, 3.63) is 45.7 Å². The fourth-order valence-corrected chi connectivity index (χ4v) is 2.88. The summed E-state index contributed by atoms with van der Waals surface area (Å²) >= 11 is 12.3. The van der Waals surface area contributed by atoms with Gasteiger partial charge in [-0.1, -0.05) is 23.2 Å². The molecule has 3 rings (SSSR count). The van der Waals surface area contributed by atoms with Gasteiger partial charge in [0.15, 0.2) is 0 Å². The summed E-state index contributed by atoms with van der Waals surface area (Å²) in [5.74, 6) is 0.908. The van der Waals surface area contributed by atoms with E-state index < -0.39 is 0 Å². The maximum Gasteiger partial charge on any atom is 0.236 e. The zero-order valence-electron chi connectivity index (χ0n) is 11.3. The highest BCUT2D eigenvalue weighted by atomic mass is 35.5. The Hall–Kier alpha value is -1.82. The number of halogens is 2. The Morgan fingerprint density at radius 1 is 1.24 bits per heavy atom. The van der Waals surface area contributed by atoms with Gasteiger partial charge in [-0.25, -0.2) is 4.98 Å². The lowest BCUT2D eigenvalue weighted by molar-refractivity contribution is 0.963. The van der Waals surface area contributed by atoms with E-state index in [1.54, 1.807) is 22.7 Å². The average Bonchev–Trinajstić information content (AvgIpc) is 2.77. The highest BCUT2D eigenvalue weighted by Crippen LogP contribution is 2.34. The van der Waals surface area contributed by atoms with Crippen LogP contribution in [0.15, 0.2) is 24.4 Å². The SMILES string of the molecule is Cc1nc2nc(N)cn2c(-c2ccc(Cl)cc2Cl)c1CN. The summed E-state index contributed by atoms with van der Waals surface area (Å²) < 4.78 is 1.81. The zero-order chi connectivity index (χ0) is 15.1. The van der Waals surface area contributed by atoms with E-state index in [2.05, 4.69) is 9.97 Å². The summed E-state index contributed by atoms with van der Waals surface area (Å²) in [4.78, 5) is 8.63. The average molecular weight is 322 g/mol. The topological polar surface area (TPSA) is 82.2 Å². The number of nitrogens with zero attached hydrogens (tertiary/aromatic N) is 3. The summed E-state index contributed by atoms with van der Waals surface area (Å²) in [7, 11) is 0. The number of nitrogens with two attached hydrogens (primary N) is 2. The molecule has 0 atom stereocenters. The van der Waals surface area contributed by atoms with Gasteiger partial charge in [0.1, 0.15) is 5.82 Å². The van der Waals surface area contributed by atoms with Crippen molar-refractivity contribution in [2.24, 2.45) is 5.73 Å². The number of nitrogen functional groups attached to an aromatic ring is 1. The molecule has 3 aromatic rings. The van der Waals surface area contributed by atoms with Crippen LogP contribution in [0.3, 0.4) is 0 Å². The number of fused-ring (bicyclic) bond motifs is 1. The Kier molecular flexibility index (Phi) is 3.49. The zero-order valence-corrected chi connectivity index (χ0v) is 12.8. The van der Waals surface area contributed by atoms with Gasteiger partial charge in [-0.05, 0) is 25.1 Å². The van der Waals surface area contributed by atoms with Crippen LogP contribution in [0.5, 0.6) is 0 Å². The van der Waals surface area contributed by atoms with Crippen LogP contribution in [-0.2, 0) is 6.54 Å². The molecule has 2 heterocycles. The Bertz CT molecular complexity index is 841. The Morgan fingerprint density at radius 2 is 2.00 bits per heavy atom. The Morgan fingerprint density at radius 3 is 2.67 bits per heavy atom. The first-order valence-electron chi connectivity index (χ1n) is 6.30. The highest BCUT2D eigenvalue weighted by molar-refractivity contribution is 6.36. The van der Waals surface area contributed by atoms with E-state index in [4.69, 9.17) is 34.7 Å². The fraction of sp³-hybridized carbons (Fsp3) is 0.143. The number of aromatic nitrogens is 3. The summed E-state index contributed by atoms with van der Waals surface area (Å²) in [6.45, 7) is 2.22. The second kappa shape index (κ2) is 5.18. The molecule has 4 N–H and O–H groups in total. The first kappa shape index (κ1) is 14.1. The molecule has 0 unspecified atom stereocenters. The minimum Gasteiger partial charge on any atom is -0.382 e. The van der Waals surface area contributed by atoms with Gasteiger partial charge in [0.25, 0.3) is 0 Å². The summed E-state index contributed by atoms with van der Waals surface area (Å²) in [5.41, 5.74) is 15.0. The van der Waals surface area contributed by atoms with Crippen LogP contribution in [-0.4, -0.2) is 14.4 Å². The van der Waals surface area contributed by atoms with Crippen molar-refractivity contribution in [3.63, 3.8) is 0 Å². The summed E-state index contributed by atoms with van der Waals surface area (Å²) in [6, 6.07) is 5.33. The molecule has 7 heteroatoms. The molecule has 0 amide bonds. The number of rotatable bonds is 2. The molecule has 5 nitrogen and oxygen atoms in total. The molecule has 0 aliphatic rings. The van der Waals surface area contributed by atoms with E-state index in [0.29, 0.717) is 28.2 Å². The highest BCUT2D eigenvalue weighted by Gasteiger charge is 2.17. The lowest BCUT2D eigenvalue weighted by Crippen LogP contribution is -2.08. The number of aryl methyl sites for hydroxylation is 1. The van der Waals surface area contributed by atoms with Gasteiger partial charge in [-0.3, -0.25) is 4.40 Å². The number of hydrogen-bond donors (Lipinski definition) is 2. The molecule has 0 fully saturated rings. The molecule has 2 aromatic heterocycles.